The highest BCUT2D eigenvalue weighted by Crippen LogP contribution is 2.21. The van der Waals surface area contributed by atoms with Gasteiger partial charge >= 0.3 is 0 Å². The molecule has 0 radical (unpaired) electrons. The molecular formula is C16H19F2NO2. The van der Waals surface area contributed by atoms with Gasteiger partial charge in [-0.3, -0.25) is 0 Å². The van der Waals surface area contributed by atoms with Crippen LogP contribution in [-0.2, 0) is 13.2 Å². The quantitative estimate of drug-likeness (QED) is 0.904. The van der Waals surface area contributed by atoms with Crippen LogP contribution < -0.4 is 10.1 Å². The Balaban J connectivity index is 2.01. The van der Waals surface area contributed by atoms with Crippen molar-refractivity contribution in [2.45, 2.75) is 39.5 Å². The minimum atomic E-state index is -0.600. The van der Waals surface area contributed by atoms with Crippen LogP contribution in [-0.4, -0.2) is 5.54 Å². The van der Waals surface area contributed by atoms with E-state index in [0.29, 0.717) is 12.3 Å². The normalized spacial score (nSPS) is 11.7. The predicted molar refractivity (Wildman–Crippen MR) is 76.0 cm³/mol. The molecule has 1 heterocycles. The van der Waals surface area contributed by atoms with Gasteiger partial charge < -0.3 is 14.5 Å². The topological polar surface area (TPSA) is 34.4 Å². The first-order valence-electron chi connectivity index (χ1n) is 6.73. The minimum absolute atomic E-state index is 0.0237. The predicted octanol–water partition coefficient (Wildman–Crippen LogP) is 4.02. The van der Waals surface area contributed by atoms with Crippen LogP contribution in [0.25, 0.3) is 0 Å². The van der Waals surface area contributed by atoms with E-state index in [2.05, 4.69) is 26.1 Å². The highest BCUT2D eigenvalue weighted by atomic mass is 19.1. The molecule has 5 heteroatoms. The molecule has 1 N–H and O–H groups in total. The average Bonchev–Trinajstić information content (AvgIpc) is 2.84. The lowest BCUT2D eigenvalue weighted by atomic mass is 10.1. The van der Waals surface area contributed by atoms with Gasteiger partial charge in [-0.2, -0.15) is 0 Å². The molecular weight excluding hydrogens is 276 g/mol. The molecule has 1 aromatic carbocycles. The number of furan rings is 1. The number of nitrogens with one attached hydrogen (secondary N) is 1. The Bertz CT molecular complexity index is 603. The molecule has 0 amide bonds. The van der Waals surface area contributed by atoms with E-state index >= 15 is 0 Å². The van der Waals surface area contributed by atoms with E-state index in [-0.39, 0.29) is 17.9 Å². The highest BCUT2D eigenvalue weighted by Gasteiger charge is 2.13. The first kappa shape index (κ1) is 15.5. The minimum Gasteiger partial charge on any atom is -0.482 e. The third-order valence-electron chi connectivity index (χ3n) is 2.90. The Hall–Kier alpha value is -1.88. The van der Waals surface area contributed by atoms with Crippen LogP contribution in [0.5, 0.6) is 5.75 Å². The lowest BCUT2D eigenvalue weighted by Gasteiger charge is -2.20. The zero-order valence-electron chi connectivity index (χ0n) is 12.4. The third kappa shape index (κ3) is 4.56. The maximum atomic E-state index is 13.5. The number of halogens is 2. The lowest BCUT2D eigenvalue weighted by molar-refractivity contribution is 0.254. The zero-order chi connectivity index (χ0) is 15.5. The summed E-state index contributed by atoms with van der Waals surface area (Å²) >= 11 is 0. The van der Waals surface area contributed by atoms with Crippen LogP contribution in [0, 0.1) is 11.6 Å². The van der Waals surface area contributed by atoms with Gasteiger partial charge in [0.2, 0.25) is 0 Å². The average molecular weight is 295 g/mol. The highest BCUT2D eigenvalue weighted by molar-refractivity contribution is 5.25. The second kappa shape index (κ2) is 6.26. The van der Waals surface area contributed by atoms with Crippen molar-refractivity contribution in [1.29, 1.82) is 0 Å². The van der Waals surface area contributed by atoms with E-state index in [1.165, 1.54) is 0 Å². The standard InChI is InChI=1S/C16H19F2NO2/c1-16(2,3)19-9-11-6-7-20-15(11)10-21-14-8-12(17)4-5-13(14)18/h4-8,19H,9-10H2,1-3H3. The molecule has 0 aliphatic rings. The number of ether oxygens (including phenoxy) is 1. The molecule has 21 heavy (non-hydrogen) atoms. The van der Waals surface area contributed by atoms with Crippen molar-refractivity contribution < 1.29 is 17.9 Å². The number of benzene rings is 1. The number of rotatable bonds is 5. The van der Waals surface area contributed by atoms with E-state index in [0.717, 1.165) is 23.8 Å². The summed E-state index contributed by atoms with van der Waals surface area (Å²) in [5, 5.41) is 3.33. The molecule has 2 aromatic rings. The fourth-order valence-corrected chi connectivity index (χ4v) is 1.74. The van der Waals surface area contributed by atoms with Crippen molar-refractivity contribution in [1.82, 2.24) is 5.32 Å². The van der Waals surface area contributed by atoms with Gasteiger partial charge in [-0.1, -0.05) is 0 Å². The van der Waals surface area contributed by atoms with Crippen molar-refractivity contribution in [3.05, 3.63) is 53.5 Å². The van der Waals surface area contributed by atoms with Gasteiger partial charge in [0.25, 0.3) is 0 Å². The van der Waals surface area contributed by atoms with Gasteiger partial charge in [0.15, 0.2) is 11.6 Å². The molecule has 0 aliphatic carbocycles. The van der Waals surface area contributed by atoms with E-state index < -0.39 is 11.6 Å². The summed E-state index contributed by atoms with van der Waals surface area (Å²) in [5.74, 6) is -0.672. The summed E-state index contributed by atoms with van der Waals surface area (Å²) < 4.78 is 37.2. The maximum Gasteiger partial charge on any atom is 0.165 e. The van der Waals surface area contributed by atoms with Crippen LogP contribution in [0.1, 0.15) is 32.1 Å². The van der Waals surface area contributed by atoms with E-state index in [4.69, 9.17) is 9.15 Å². The van der Waals surface area contributed by atoms with Crippen LogP contribution in [0.15, 0.2) is 34.9 Å². The van der Waals surface area contributed by atoms with Crippen LogP contribution in [0.3, 0.4) is 0 Å². The SMILES string of the molecule is CC(C)(C)NCc1ccoc1COc1cc(F)ccc1F. The van der Waals surface area contributed by atoms with Crippen molar-refractivity contribution in [2.75, 3.05) is 0 Å². The fourth-order valence-electron chi connectivity index (χ4n) is 1.74. The van der Waals surface area contributed by atoms with E-state index in [9.17, 15) is 8.78 Å². The van der Waals surface area contributed by atoms with Gasteiger partial charge in [-0.05, 0) is 39.0 Å². The zero-order valence-corrected chi connectivity index (χ0v) is 12.4. The Morgan fingerprint density at radius 1 is 1.19 bits per heavy atom. The second-order valence-corrected chi connectivity index (χ2v) is 5.84. The van der Waals surface area contributed by atoms with Crippen LogP contribution >= 0.6 is 0 Å². The Morgan fingerprint density at radius 2 is 1.95 bits per heavy atom. The van der Waals surface area contributed by atoms with Crippen molar-refractivity contribution in [2.24, 2.45) is 0 Å². The fraction of sp³-hybridized carbons (Fsp3) is 0.375. The Kier molecular flexibility index (Phi) is 4.63. The summed E-state index contributed by atoms with van der Waals surface area (Å²) in [5.41, 5.74) is 0.908. The molecule has 0 saturated carbocycles. The molecule has 0 atom stereocenters. The summed E-state index contributed by atoms with van der Waals surface area (Å²) in [6.45, 7) is 6.85. The summed E-state index contributed by atoms with van der Waals surface area (Å²) in [6, 6.07) is 4.94. The monoisotopic (exact) mass is 295 g/mol. The van der Waals surface area contributed by atoms with E-state index in [1.807, 2.05) is 6.07 Å². The molecule has 1 aromatic heterocycles. The van der Waals surface area contributed by atoms with Gasteiger partial charge in [-0.25, -0.2) is 8.78 Å². The molecule has 0 aliphatic heterocycles. The number of hydrogen-bond donors (Lipinski definition) is 1. The molecule has 2 rings (SSSR count). The number of hydrogen-bond acceptors (Lipinski definition) is 3. The Labute approximate surface area is 122 Å². The smallest absolute Gasteiger partial charge is 0.165 e. The van der Waals surface area contributed by atoms with Crippen molar-refractivity contribution >= 4 is 0 Å². The molecule has 0 bridgehead atoms. The molecule has 114 valence electrons. The first-order valence-corrected chi connectivity index (χ1v) is 6.73. The van der Waals surface area contributed by atoms with E-state index in [1.54, 1.807) is 6.26 Å². The maximum absolute atomic E-state index is 13.5. The largest absolute Gasteiger partial charge is 0.482 e. The molecule has 0 fully saturated rings. The molecule has 3 nitrogen and oxygen atoms in total. The molecule has 0 spiro atoms. The summed E-state index contributed by atoms with van der Waals surface area (Å²) in [7, 11) is 0. The lowest BCUT2D eigenvalue weighted by Crippen LogP contribution is -2.35. The Morgan fingerprint density at radius 3 is 2.67 bits per heavy atom. The van der Waals surface area contributed by atoms with Gasteiger partial charge in [0.1, 0.15) is 18.2 Å². The van der Waals surface area contributed by atoms with Crippen LogP contribution in [0.4, 0.5) is 8.78 Å². The van der Waals surface area contributed by atoms with Crippen LogP contribution in [0.2, 0.25) is 0 Å². The molecule has 0 saturated heterocycles. The third-order valence-corrected chi connectivity index (χ3v) is 2.90. The first-order chi connectivity index (χ1) is 9.85. The van der Waals surface area contributed by atoms with Crippen molar-refractivity contribution in [3.63, 3.8) is 0 Å². The summed E-state index contributed by atoms with van der Waals surface area (Å²) in [4.78, 5) is 0. The van der Waals surface area contributed by atoms with Crippen molar-refractivity contribution in [3.8, 4) is 5.75 Å². The van der Waals surface area contributed by atoms with Gasteiger partial charge in [0, 0.05) is 23.7 Å². The van der Waals surface area contributed by atoms with Gasteiger partial charge in [-0.15, -0.1) is 0 Å². The molecule has 0 unspecified atom stereocenters. The second-order valence-electron chi connectivity index (χ2n) is 5.84. The summed E-state index contributed by atoms with van der Waals surface area (Å²) in [6.07, 6.45) is 1.56. The van der Waals surface area contributed by atoms with Gasteiger partial charge in [0.05, 0.1) is 6.26 Å².